The molecule has 4 nitrogen and oxygen atoms in total. The number of thioether (sulfide) groups is 1. The van der Waals surface area contributed by atoms with Gasteiger partial charge in [-0.1, -0.05) is 25.6 Å². The fourth-order valence-corrected chi connectivity index (χ4v) is 3.83. The average Bonchev–Trinajstić information content (AvgIpc) is 3.23. The standard InChI is InChI=1S/C18H23N3OS/c1-13(2)16-5-4-11-21(16)17(22)14-6-8-15(9-7-14)20-12-10-19-18(20)23-3/h6-10,12-13,16H,4-5,11H2,1-3H3/t16-/m1/s1. The second-order valence-electron chi connectivity index (χ2n) is 6.28. The van der Waals surface area contributed by atoms with Gasteiger partial charge in [-0.2, -0.15) is 0 Å². The molecule has 1 fully saturated rings. The maximum atomic E-state index is 12.8. The Morgan fingerprint density at radius 1 is 1.30 bits per heavy atom. The van der Waals surface area contributed by atoms with E-state index in [1.807, 2.05) is 46.2 Å². The molecule has 1 aliphatic heterocycles. The van der Waals surface area contributed by atoms with Gasteiger partial charge in [-0.3, -0.25) is 9.36 Å². The molecule has 0 radical (unpaired) electrons. The van der Waals surface area contributed by atoms with Gasteiger partial charge in [0.15, 0.2) is 5.16 Å². The lowest BCUT2D eigenvalue weighted by molar-refractivity contribution is 0.0701. The second-order valence-corrected chi connectivity index (χ2v) is 7.06. The van der Waals surface area contributed by atoms with Crippen LogP contribution >= 0.6 is 11.8 Å². The summed E-state index contributed by atoms with van der Waals surface area (Å²) in [4.78, 5) is 19.1. The Bertz CT molecular complexity index is 678. The van der Waals surface area contributed by atoms with Crippen molar-refractivity contribution < 1.29 is 4.79 Å². The summed E-state index contributed by atoms with van der Waals surface area (Å²) < 4.78 is 2.03. The Morgan fingerprint density at radius 3 is 2.70 bits per heavy atom. The third-order valence-electron chi connectivity index (χ3n) is 4.51. The number of benzene rings is 1. The minimum absolute atomic E-state index is 0.156. The first kappa shape index (κ1) is 16.1. The highest BCUT2D eigenvalue weighted by Crippen LogP contribution is 2.26. The van der Waals surface area contributed by atoms with Gasteiger partial charge in [-0.15, -0.1) is 0 Å². The Morgan fingerprint density at radius 2 is 2.04 bits per heavy atom. The Balaban J connectivity index is 1.81. The highest BCUT2D eigenvalue weighted by molar-refractivity contribution is 7.98. The molecule has 0 unspecified atom stereocenters. The Kier molecular flexibility index (Phi) is 4.76. The lowest BCUT2D eigenvalue weighted by Gasteiger charge is -2.27. The van der Waals surface area contributed by atoms with Gasteiger partial charge in [-0.25, -0.2) is 4.98 Å². The fraction of sp³-hybridized carbons (Fsp3) is 0.444. The van der Waals surface area contributed by atoms with Crippen LogP contribution in [-0.4, -0.2) is 39.2 Å². The molecular weight excluding hydrogens is 306 g/mol. The molecule has 1 atom stereocenters. The van der Waals surface area contributed by atoms with E-state index in [-0.39, 0.29) is 5.91 Å². The molecule has 1 aromatic heterocycles. The van der Waals surface area contributed by atoms with Crippen molar-refractivity contribution in [2.45, 2.75) is 37.9 Å². The van der Waals surface area contributed by atoms with Crippen molar-refractivity contribution in [2.75, 3.05) is 12.8 Å². The molecule has 1 aromatic carbocycles. The van der Waals surface area contributed by atoms with Gasteiger partial charge in [0.25, 0.3) is 5.91 Å². The summed E-state index contributed by atoms with van der Waals surface area (Å²) in [6.07, 6.45) is 7.98. The van der Waals surface area contributed by atoms with Crippen molar-refractivity contribution in [3.63, 3.8) is 0 Å². The van der Waals surface area contributed by atoms with E-state index >= 15 is 0 Å². The van der Waals surface area contributed by atoms with Crippen LogP contribution in [0.4, 0.5) is 0 Å². The molecule has 0 saturated carbocycles. The predicted molar refractivity (Wildman–Crippen MR) is 94.2 cm³/mol. The normalized spacial score (nSPS) is 17.9. The molecule has 1 aliphatic rings. The third-order valence-corrected chi connectivity index (χ3v) is 5.18. The summed E-state index contributed by atoms with van der Waals surface area (Å²) >= 11 is 1.61. The molecule has 2 aromatic rings. The summed E-state index contributed by atoms with van der Waals surface area (Å²) in [5.74, 6) is 0.666. The van der Waals surface area contributed by atoms with Crippen molar-refractivity contribution in [2.24, 2.45) is 5.92 Å². The summed E-state index contributed by atoms with van der Waals surface area (Å²) in [7, 11) is 0. The lowest BCUT2D eigenvalue weighted by atomic mass is 10.0. The lowest BCUT2D eigenvalue weighted by Crippen LogP contribution is -2.38. The van der Waals surface area contributed by atoms with Crippen LogP contribution in [0.3, 0.4) is 0 Å². The number of nitrogens with zero attached hydrogens (tertiary/aromatic N) is 3. The van der Waals surface area contributed by atoms with Gasteiger partial charge in [0, 0.05) is 36.2 Å². The van der Waals surface area contributed by atoms with E-state index in [1.54, 1.807) is 18.0 Å². The van der Waals surface area contributed by atoms with Crippen molar-refractivity contribution in [1.82, 2.24) is 14.5 Å². The van der Waals surface area contributed by atoms with Gasteiger partial charge in [0.1, 0.15) is 0 Å². The summed E-state index contributed by atoms with van der Waals surface area (Å²) in [5, 5.41) is 0.948. The van der Waals surface area contributed by atoms with E-state index < -0.39 is 0 Å². The van der Waals surface area contributed by atoms with E-state index in [0.29, 0.717) is 12.0 Å². The van der Waals surface area contributed by atoms with Crippen LogP contribution < -0.4 is 0 Å². The van der Waals surface area contributed by atoms with Gasteiger partial charge in [0.05, 0.1) is 0 Å². The van der Waals surface area contributed by atoms with E-state index in [9.17, 15) is 4.79 Å². The van der Waals surface area contributed by atoms with Gasteiger partial charge >= 0.3 is 0 Å². The van der Waals surface area contributed by atoms with Crippen LogP contribution in [0.1, 0.15) is 37.0 Å². The predicted octanol–water partition coefficient (Wildman–Crippen LogP) is 3.85. The van der Waals surface area contributed by atoms with Crippen LogP contribution in [0.5, 0.6) is 0 Å². The number of carbonyl (C=O) groups excluding carboxylic acids is 1. The number of hydrogen-bond acceptors (Lipinski definition) is 3. The SMILES string of the molecule is CSc1nccn1-c1ccc(C(=O)N2CCC[C@@H]2C(C)C)cc1. The van der Waals surface area contributed by atoms with Crippen LogP contribution in [0.15, 0.2) is 41.8 Å². The number of aromatic nitrogens is 2. The van der Waals surface area contributed by atoms with Crippen LogP contribution in [-0.2, 0) is 0 Å². The van der Waals surface area contributed by atoms with E-state index in [4.69, 9.17) is 0 Å². The minimum atomic E-state index is 0.156. The number of carbonyl (C=O) groups is 1. The highest BCUT2D eigenvalue weighted by Gasteiger charge is 2.31. The Hall–Kier alpha value is -1.75. The summed E-state index contributed by atoms with van der Waals surface area (Å²) in [5.41, 5.74) is 1.80. The summed E-state index contributed by atoms with van der Waals surface area (Å²) in [6, 6.07) is 8.22. The first-order valence-corrected chi connectivity index (χ1v) is 9.33. The molecule has 1 amide bonds. The smallest absolute Gasteiger partial charge is 0.254 e. The van der Waals surface area contributed by atoms with Crippen molar-refractivity contribution in [3.05, 3.63) is 42.2 Å². The van der Waals surface area contributed by atoms with Crippen molar-refractivity contribution in [1.29, 1.82) is 0 Å². The van der Waals surface area contributed by atoms with Crippen LogP contribution in [0, 0.1) is 5.92 Å². The molecule has 0 spiro atoms. The summed E-state index contributed by atoms with van der Waals surface area (Å²) in [6.45, 7) is 5.27. The monoisotopic (exact) mass is 329 g/mol. The minimum Gasteiger partial charge on any atom is -0.335 e. The van der Waals surface area contributed by atoms with Gasteiger partial charge < -0.3 is 4.90 Å². The highest BCUT2D eigenvalue weighted by atomic mass is 32.2. The first-order chi connectivity index (χ1) is 11.1. The molecule has 5 heteroatoms. The van der Waals surface area contributed by atoms with Gasteiger partial charge in [-0.05, 0) is 49.3 Å². The van der Waals surface area contributed by atoms with Gasteiger partial charge in [0.2, 0.25) is 0 Å². The van der Waals surface area contributed by atoms with Crippen LogP contribution in [0.25, 0.3) is 5.69 Å². The Labute approximate surface area is 141 Å². The largest absolute Gasteiger partial charge is 0.335 e. The number of rotatable bonds is 4. The van der Waals surface area contributed by atoms with E-state index in [0.717, 1.165) is 35.8 Å². The quantitative estimate of drug-likeness (QED) is 0.800. The molecule has 2 heterocycles. The van der Waals surface area contributed by atoms with E-state index in [2.05, 4.69) is 18.8 Å². The molecular formula is C18H23N3OS. The third kappa shape index (κ3) is 3.15. The molecule has 0 bridgehead atoms. The van der Waals surface area contributed by atoms with Crippen LogP contribution in [0.2, 0.25) is 0 Å². The van der Waals surface area contributed by atoms with Crippen molar-refractivity contribution in [3.8, 4) is 5.69 Å². The molecule has 0 aliphatic carbocycles. The fourth-order valence-electron chi connectivity index (χ4n) is 3.31. The average molecular weight is 329 g/mol. The molecule has 23 heavy (non-hydrogen) atoms. The maximum absolute atomic E-state index is 12.8. The number of likely N-dealkylation sites (tertiary alicyclic amines) is 1. The topological polar surface area (TPSA) is 38.1 Å². The number of imidazole rings is 1. The maximum Gasteiger partial charge on any atom is 0.254 e. The number of hydrogen-bond donors (Lipinski definition) is 0. The molecule has 122 valence electrons. The zero-order chi connectivity index (χ0) is 16.4. The zero-order valence-electron chi connectivity index (χ0n) is 13.9. The molecule has 1 saturated heterocycles. The van der Waals surface area contributed by atoms with E-state index in [1.165, 1.54) is 0 Å². The molecule has 3 rings (SSSR count). The molecule has 0 N–H and O–H groups in total. The zero-order valence-corrected chi connectivity index (χ0v) is 14.7. The first-order valence-electron chi connectivity index (χ1n) is 8.10. The number of amides is 1. The second kappa shape index (κ2) is 6.79. The van der Waals surface area contributed by atoms with Crippen molar-refractivity contribution >= 4 is 17.7 Å².